The molecule has 0 aromatic rings. The molecule has 0 aliphatic rings. The predicted octanol–water partition coefficient (Wildman–Crippen LogP) is 0.193. The second kappa shape index (κ2) is 8.64. The Morgan fingerprint density at radius 2 is 1.80 bits per heavy atom. The largest absolute Gasteiger partial charge is 0.351 e. The minimum Gasteiger partial charge on any atom is -0.351 e. The number of amides is 1. The molecule has 0 heterocycles. The fourth-order valence-electron chi connectivity index (χ4n) is 1.24. The number of carbonyl (C=O) groups is 1. The highest BCUT2D eigenvalue weighted by atomic mass is 16.7. The molecular formula is C10H22N2O3. The van der Waals surface area contributed by atoms with E-state index in [0.29, 0.717) is 26.3 Å². The summed E-state index contributed by atoms with van der Waals surface area (Å²) in [6.07, 6.45) is -0.351. The third-order valence-electron chi connectivity index (χ3n) is 1.98. The third-order valence-corrected chi connectivity index (χ3v) is 1.98. The molecule has 2 N–H and O–H groups in total. The topological polar surface area (TPSA) is 64.8 Å². The van der Waals surface area contributed by atoms with E-state index >= 15 is 0 Å². The standard InChI is InChI=1S/C10H22N2O3/c1-4-12(9(13)7-11)8-10(14-5-2)15-6-3/h10H,4-8,11H2,1-3H3. The minimum absolute atomic E-state index is 0.0266. The Labute approximate surface area is 91.5 Å². The molecule has 0 saturated carbocycles. The SMILES string of the molecule is CCOC(CN(CC)C(=O)CN)OCC. The zero-order valence-electron chi connectivity index (χ0n) is 9.86. The molecule has 0 atom stereocenters. The highest BCUT2D eigenvalue weighted by Gasteiger charge is 2.16. The summed E-state index contributed by atoms with van der Waals surface area (Å²) in [5.41, 5.74) is 5.30. The molecular weight excluding hydrogens is 196 g/mol. The molecule has 0 saturated heterocycles. The fraction of sp³-hybridized carbons (Fsp3) is 0.900. The van der Waals surface area contributed by atoms with Crippen molar-refractivity contribution in [3.8, 4) is 0 Å². The monoisotopic (exact) mass is 218 g/mol. The molecule has 90 valence electrons. The maximum atomic E-state index is 11.4. The Kier molecular flexibility index (Phi) is 8.27. The van der Waals surface area contributed by atoms with Crippen LogP contribution in [0, 0.1) is 0 Å². The van der Waals surface area contributed by atoms with E-state index in [1.54, 1.807) is 4.90 Å². The number of carbonyl (C=O) groups excluding carboxylic acids is 1. The van der Waals surface area contributed by atoms with Gasteiger partial charge in [-0.05, 0) is 20.8 Å². The number of nitrogens with zero attached hydrogens (tertiary/aromatic N) is 1. The van der Waals surface area contributed by atoms with E-state index < -0.39 is 0 Å². The van der Waals surface area contributed by atoms with Gasteiger partial charge < -0.3 is 20.1 Å². The summed E-state index contributed by atoms with van der Waals surface area (Å²) in [5.74, 6) is -0.0816. The summed E-state index contributed by atoms with van der Waals surface area (Å²) < 4.78 is 10.7. The Morgan fingerprint density at radius 3 is 2.13 bits per heavy atom. The van der Waals surface area contributed by atoms with E-state index in [4.69, 9.17) is 15.2 Å². The van der Waals surface area contributed by atoms with Crippen LogP contribution in [0.2, 0.25) is 0 Å². The van der Waals surface area contributed by atoms with Gasteiger partial charge in [-0.3, -0.25) is 4.79 Å². The van der Waals surface area contributed by atoms with Gasteiger partial charge in [0.25, 0.3) is 0 Å². The number of ether oxygens (including phenoxy) is 2. The fourth-order valence-corrected chi connectivity index (χ4v) is 1.24. The Hall–Kier alpha value is -0.650. The zero-order chi connectivity index (χ0) is 11.7. The summed E-state index contributed by atoms with van der Waals surface area (Å²) in [5, 5.41) is 0. The first-order valence-corrected chi connectivity index (χ1v) is 5.40. The smallest absolute Gasteiger partial charge is 0.236 e. The summed E-state index contributed by atoms with van der Waals surface area (Å²) in [6.45, 7) is 7.92. The number of nitrogens with two attached hydrogens (primary N) is 1. The van der Waals surface area contributed by atoms with Crippen LogP contribution >= 0.6 is 0 Å². The van der Waals surface area contributed by atoms with Crippen molar-refractivity contribution in [2.24, 2.45) is 5.73 Å². The molecule has 0 aliphatic heterocycles. The lowest BCUT2D eigenvalue weighted by Crippen LogP contribution is -2.42. The molecule has 0 aromatic heterocycles. The van der Waals surface area contributed by atoms with E-state index in [2.05, 4.69) is 0 Å². The van der Waals surface area contributed by atoms with Crippen molar-refractivity contribution in [2.45, 2.75) is 27.1 Å². The molecule has 5 nitrogen and oxygen atoms in total. The van der Waals surface area contributed by atoms with E-state index in [0.717, 1.165) is 0 Å². The quantitative estimate of drug-likeness (QED) is 0.591. The van der Waals surface area contributed by atoms with Gasteiger partial charge in [0.15, 0.2) is 6.29 Å². The Balaban J connectivity index is 4.14. The molecule has 0 aliphatic carbocycles. The van der Waals surface area contributed by atoms with Gasteiger partial charge in [-0.2, -0.15) is 0 Å². The van der Waals surface area contributed by atoms with Crippen molar-refractivity contribution >= 4 is 5.91 Å². The summed E-state index contributed by atoms with van der Waals surface area (Å²) in [4.78, 5) is 13.0. The van der Waals surface area contributed by atoms with Gasteiger partial charge in [0, 0.05) is 19.8 Å². The molecule has 1 amide bonds. The molecule has 0 spiro atoms. The van der Waals surface area contributed by atoms with Crippen molar-refractivity contribution in [1.29, 1.82) is 0 Å². The lowest BCUT2D eigenvalue weighted by molar-refractivity contribution is -0.157. The molecule has 15 heavy (non-hydrogen) atoms. The number of likely N-dealkylation sites (N-methyl/N-ethyl adjacent to an activating group) is 1. The highest BCUT2D eigenvalue weighted by molar-refractivity contribution is 5.77. The molecule has 5 heteroatoms. The third kappa shape index (κ3) is 5.71. The predicted molar refractivity (Wildman–Crippen MR) is 58.3 cm³/mol. The summed E-state index contributed by atoms with van der Waals surface area (Å²) >= 11 is 0. The van der Waals surface area contributed by atoms with Crippen LogP contribution in [0.15, 0.2) is 0 Å². The highest BCUT2D eigenvalue weighted by Crippen LogP contribution is 2.00. The maximum absolute atomic E-state index is 11.4. The second-order valence-electron chi connectivity index (χ2n) is 2.98. The van der Waals surface area contributed by atoms with Crippen LogP contribution in [0.4, 0.5) is 0 Å². The normalized spacial score (nSPS) is 10.7. The average Bonchev–Trinajstić information content (AvgIpc) is 2.25. The molecule has 0 aromatic carbocycles. The van der Waals surface area contributed by atoms with Crippen LogP contribution < -0.4 is 5.73 Å². The summed E-state index contributed by atoms with van der Waals surface area (Å²) in [7, 11) is 0. The number of rotatable bonds is 8. The molecule has 0 fully saturated rings. The van der Waals surface area contributed by atoms with Gasteiger partial charge in [0.2, 0.25) is 5.91 Å². The lowest BCUT2D eigenvalue weighted by atomic mass is 10.4. The molecule has 0 bridgehead atoms. The van der Waals surface area contributed by atoms with Crippen molar-refractivity contribution in [3.63, 3.8) is 0 Å². The van der Waals surface area contributed by atoms with Crippen LogP contribution in [-0.2, 0) is 14.3 Å². The van der Waals surface area contributed by atoms with Gasteiger partial charge in [-0.1, -0.05) is 0 Å². The maximum Gasteiger partial charge on any atom is 0.236 e. The van der Waals surface area contributed by atoms with Crippen LogP contribution in [0.1, 0.15) is 20.8 Å². The Morgan fingerprint density at radius 1 is 1.27 bits per heavy atom. The van der Waals surface area contributed by atoms with E-state index in [1.165, 1.54) is 0 Å². The van der Waals surface area contributed by atoms with Crippen LogP contribution in [0.3, 0.4) is 0 Å². The lowest BCUT2D eigenvalue weighted by Gasteiger charge is -2.25. The van der Waals surface area contributed by atoms with Gasteiger partial charge in [0.1, 0.15) is 0 Å². The second-order valence-corrected chi connectivity index (χ2v) is 2.98. The summed E-state index contributed by atoms with van der Waals surface area (Å²) in [6, 6.07) is 0. The Bertz CT molecular complexity index is 170. The average molecular weight is 218 g/mol. The molecule has 0 rings (SSSR count). The molecule has 0 unspecified atom stereocenters. The first-order chi connectivity index (χ1) is 7.19. The van der Waals surface area contributed by atoms with Crippen LogP contribution in [0.25, 0.3) is 0 Å². The first kappa shape index (κ1) is 14.3. The van der Waals surface area contributed by atoms with Crippen molar-refractivity contribution in [1.82, 2.24) is 4.90 Å². The van der Waals surface area contributed by atoms with Crippen molar-refractivity contribution < 1.29 is 14.3 Å². The van der Waals surface area contributed by atoms with Gasteiger partial charge in [-0.15, -0.1) is 0 Å². The number of hydrogen-bond donors (Lipinski definition) is 1. The van der Waals surface area contributed by atoms with E-state index in [9.17, 15) is 4.79 Å². The van der Waals surface area contributed by atoms with Crippen molar-refractivity contribution in [3.05, 3.63) is 0 Å². The van der Waals surface area contributed by atoms with E-state index in [-0.39, 0.29) is 18.7 Å². The van der Waals surface area contributed by atoms with E-state index in [1.807, 2.05) is 20.8 Å². The van der Waals surface area contributed by atoms with Crippen LogP contribution in [-0.4, -0.2) is 49.9 Å². The number of hydrogen-bond acceptors (Lipinski definition) is 4. The molecule has 0 radical (unpaired) electrons. The minimum atomic E-state index is -0.351. The first-order valence-electron chi connectivity index (χ1n) is 5.40. The van der Waals surface area contributed by atoms with Gasteiger partial charge in [0.05, 0.1) is 13.1 Å². The van der Waals surface area contributed by atoms with Crippen LogP contribution in [0.5, 0.6) is 0 Å². The van der Waals surface area contributed by atoms with Gasteiger partial charge in [-0.25, -0.2) is 0 Å². The van der Waals surface area contributed by atoms with Crippen molar-refractivity contribution in [2.75, 3.05) is 32.8 Å². The van der Waals surface area contributed by atoms with Gasteiger partial charge >= 0.3 is 0 Å². The zero-order valence-corrected chi connectivity index (χ0v) is 9.86.